The molecule has 0 aliphatic heterocycles. The van der Waals surface area contributed by atoms with E-state index in [-0.39, 0.29) is 4.90 Å². The molecule has 1 aromatic carbocycles. The van der Waals surface area contributed by atoms with E-state index in [1.807, 2.05) is 0 Å². The number of benzene rings is 1. The summed E-state index contributed by atoms with van der Waals surface area (Å²) in [7, 11) is -3.71. The van der Waals surface area contributed by atoms with Crippen LogP contribution in [-0.2, 0) is 10.0 Å². The van der Waals surface area contributed by atoms with E-state index >= 15 is 0 Å². The van der Waals surface area contributed by atoms with Crippen LogP contribution in [0.15, 0.2) is 58.1 Å². The summed E-state index contributed by atoms with van der Waals surface area (Å²) in [6.45, 7) is 0. The van der Waals surface area contributed by atoms with Gasteiger partial charge in [0.2, 0.25) is 21.8 Å². The van der Waals surface area contributed by atoms with Crippen molar-refractivity contribution in [3.8, 4) is 22.9 Å². The fraction of sp³-hybridized carbons (Fsp3) is 0. The van der Waals surface area contributed by atoms with E-state index in [0.717, 1.165) is 5.56 Å². The number of sulfonamides is 1. The molecule has 0 aliphatic rings. The van der Waals surface area contributed by atoms with E-state index in [1.54, 1.807) is 36.7 Å². The first-order valence-electron chi connectivity index (χ1n) is 5.91. The van der Waals surface area contributed by atoms with Crippen molar-refractivity contribution >= 4 is 10.0 Å². The van der Waals surface area contributed by atoms with Gasteiger partial charge in [-0.3, -0.25) is 4.98 Å². The van der Waals surface area contributed by atoms with Gasteiger partial charge in [-0.05, 0) is 36.4 Å². The molecular weight excluding hydrogens is 292 g/mol. The number of hydrogen-bond acceptors (Lipinski definition) is 6. The number of hydrogen-bond donors (Lipinski definition) is 1. The molecule has 0 radical (unpaired) electrons. The number of rotatable bonds is 3. The number of aromatic nitrogens is 3. The van der Waals surface area contributed by atoms with Crippen LogP contribution in [0.1, 0.15) is 0 Å². The average Bonchev–Trinajstić information content (AvgIpc) is 2.97. The van der Waals surface area contributed by atoms with Crippen LogP contribution < -0.4 is 5.14 Å². The van der Waals surface area contributed by atoms with Crippen molar-refractivity contribution in [3.05, 3.63) is 48.8 Å². The quantitative estimate of drug-likeness (QED) is 0.783. The summed E-state index contributed by atoms with van der Waals surface area (Å²) in [5.74, 6) is 0.658. The smallest absolute Gasteiger partial charge is 0.248 e. The molecule has 7 nitrogen and oxygen atoms in total. The first-order chi connectivity index (χ1) is 10.0. The van der Waals surface area contributed by atoms with Crippen LogP contribution >= 0.6 is 0 Å². The number of nitrogens with zero attached hydrogens (tertiary/aromatic N) is 3. The lowest BCUT2D eigenvalue weighted by Crippen LogP contribution is -2.11. The highest BCUT2D eigenvalue weighted by molar-refractivity contribution is 7.89. The lowest BCUT2D eigenvalue weighted by atomic mass is 10.2. The van der Waals surface area contributed by atoms with Crippen molar-refractivity contribution in [1.29, 1.82) is 0 Å². The van der Waals surface area contributed by atoms with Crippen LogP contribution in [-0.4, -0.2) is 23.6 Å². The molecular formula is C13H10N4O3S. The molecule has 106 valence electrons. The highest BCUT2D eigenvalue weighted by atomic mass is 32.2. The zero-order valence-corrected chi connectivity index (χ0v) is 11.5. The van der Waals surface area contributed by atoms with Gasteiger partial charge in [0.1, 0.15) is 0 Å². The summed E-state index contributed by atoms with van der Waals surface area (Å²) in [6.07, 6.45) is 3.25. The Kier molecular flexibility index (Phi) is 3.24. The standard InChI is InChI=1S/C13H10N4O3S/c14-21(18,19)11-3-1-9(2-4-11)12-16-17-13(20-12)10-5-7-15-8-6-10/h1-8H,(H2,14,18,19). The van der Waals surface area contributed by atoms with Gasteiger partial charge in [-0.25, -0.2) is 13.6 Å². The Labute approximate surface area is 120 Å². The summed E-state index contributed by atoms with van der Waals surface area (Å²) >= 11 is 0. The van der Waals surface area contributed by atoms with Crippen molar-refractivity contribution in [1.82, 2.24) is 15.2 Å². The molecule has 21 heavy (non-hydrogen) atoms. The Morgan fingerprint density at radius 2 is 1.38 bits per heavy atom. The summed E-state index contributed by atoms with van der Waals surface area (Å²) in [4.78, 5) is 3.94. The normalized spacial score (nSPS) is 11.5. The van der Waals surface area contributed by atoms with Crippen LogP contribution in [0.4, 0.5) is 0 Å². The lowest BCUT2D eigenvalue weighted by molar-refractivity contribution is 0.584. The molecule has 8 heteroatoms. The molecule has 0 amide bonds. The Morgan fingerprint density at radius 1 is 0.857 bits per heavy atom. The van der Waals surface area contributed by atoms with Gasteiger partial charge < -0.3 is 4.42 Å². The van der Waals surface area contributed by atoms with Crippen LogP contribution in [0.25, 0.3) is 22.9 Å². The Bertz CT molecular complexity index is 858. The van der Waals surface area contributed by atoms with Gasteiger partial charge in [0.05, 0.1) is 4.90 Å². The molecule has 0 atom stereocenters. The van der Waals surface area contributed by atoms with Gasteiger partial charge in [-0.2, -0.15) is 0 Å². The van der Waals surface area contributed by atoms with E-state index < -0.39 is 10.0 Å². The number of nitrogens with two attached hydrogens (primary N) is 1. The second kappa shape index (κ2) is 5.08. The maximum Gasteiger partial charge on any atom is 0.248 e. The molecule has 0 aliphatic carbocycles. The van der Waals surface area contributed by atoms with Crippen molar-refractivity contribution in [2.75, 3.05) is 0 Å². The molecule has 0 spiro atoms. The second-order valence-corrected chi connectivity index (χ2v) is 5.78. The highest BCUT2D eigenvalue weighted by Gasteiger charge is 2.12. The van der Waals surface area contributed by atoms with E-state index in [1.165, 1.54) is 12.1 Å². The zero-order chi connectivity index (χ0) is 14.9. The summed E-state index contributed by atoms with van der Waals surface area (Å²) in [5.41, 5.74) is 1.36. The highest BCUT2D eigenvalue weighted by Crippen LogP contribution is 2.24. The third kappa shape index (κ3) is 2.81. The van der Waals surface area contributed by atoms with E-state index in [9.17, 15) is 8.42 Å². The summed E-state index contributed by atoms with van der Waals surface area (Å²) in [5, 5.41) is 12.9. The Hall–Kier alpha value is -2.58. The van der Waals surface area contributed by atoms with Crippen LogP contribution in [0, 0.1) is 0 Å². The molecule has 0 saturated heterocycles. The predicted octanol–water partition coefficient (Wildman–Crippen LogP) is 1.45. The minimum absolute atomic E-state index is 0.0279. The predicted molar refractivity (Wildman–Crippen MR) is 74.3 cm³/mol. The first-order valence-corrected chi connectivity index (χ1v) is 7.46. The molecule has 0 saturated carbocycles. The van der Waals surface area contributed by atoms with Crippen molar-refractivity contribution in [2.45, 2.75) is 4.90 Å². The second-order valence-electron chi connectivity index (χ2n) is 4.22. The lowest BCUT2D eigenvalue weighted by Gasteiger charge is -1.98. The zero-order valence-electron chi connectivity index (χ0n) is 10.7. The van der Waals surface area contributed by atoms with Gasteiger partial charge in [0.15, 0.2) is 0 Å². The van der Waals surface area contributed by atoms with Gasteiger partial charge in [0.25, 0.3) is 0 Å². The van der Waals surface area contributed by atoms with E-state index in [2.05, 4.69) is 15.2 Å². The van der Waals surface area contributed by atoms with E-state index in [4.69, 9.17) is 9.56 Å². The van der Waals surface area contributed by atoms with Gasteiger partial charge >= 0.3 is 0 Å². The Balaban J connectivity index is 1.94. The van der Waals surface area contributed by atoms with Crippen LogP contribution in [0.3, 0.4) is 0 Å². The molecule has 0 unspecified atom stereocenters. The van der Waals surface area contributed by atoms with E-state index in [0.29, 0.717) is 17.3 Å². The molecule has 3 aromatic rings. The minimum Gasteiger partial charge on any atom is -0.416 e. The fourth-order valence-corrected chi connectivity index (χ4v) is 2.25. The van der Waals surface area contributed by atoms with Gasteiger partial charge in [-0.15, -0.1) is 10.2 Å². The third-order valence-electron chi connectivity index (χ3n) is 2.78. The monoisotopic (exact) mass is 302 g/mol. The maximum atomic E-state index is 11.2. The first kappa shape index (κ1) is 13.4. The molecule has 0 fully saturated rings. The summed E-state index contributed by atoms with van der Waals surface area (Å²) in [6, 6.07) is 9.40. The maximum absolute atomic E-state index is 11.2. The van der Waals surface area contributed by atoms with Crippen molar-refractivity contribution in [2.24, 2.45) is 5.14 Å². The van der Waals surface area contributed by atoms with Crippen LogP contribution in [0.2, 0.25) is 0 Å². The van der Waals surface area contributed by atoms with Crippen LogP contribution in [0.5, 0.6) is 0 Å². The molecule has 2 heterocycles. The van der Waals surface area contributed by atoms with Gasteiger partial charge in [0, 0.05) is 23.5 Å². The largest absolute Gasteiger partial charge is 0.416 e. The Morgan fingerprint density at radius 3 is 1.90 bits per heavy atom. The fourth-order valence-electron chi connectivity index (χ4n) is 1.74. The molecule has 2 N–H and O–H groups in total. The molecule has 3 rings (SSSR count). The van der Waals surface area contributed by atoms with Gasteiger partial charge in [-0.1, -0.05) is 0 Å². The topological polar surface area (TPSA) is 112 Å². The third-order valence-corrected chi connectivity index (χ3v) is 3.71. The van der Waals surface area contributed by atoms with Crippen molar-refractivity contribution in [3.63, 3.8) is 0 Å². The molecule has 0 bridgehead atoms. The molecule has 2 aromatic heterocycles. The average molecular weight is 302 g/mol. The number of primary sulfonamides is 1. The minimum atomic E-state index is -3.71. The number of pyridine rings is 1. The van der Waals surface area contributed by atoms with Crippen molar-refractivity contribution < 1.29 is 12.8 Å². The SMILES string of the molecule is NS(=O)(=O)c1ccc(-c2nnc(-c3ccncc3)o2)cc1. The summed E-state index contributed by atoms with van der Waals surface area (Å²) < 4.78 is 27.9.